The number of likely N-dealkylation sites (N-methyl/N-ethyl adjacent to an activating group) is 1. The SMILES string of the molecule is CN1[C@H](CNCc2ccc3cccnc3n2)C[C@@H]2CCCC[C@@H]21.COc1cc(C(=O)N(Cc2ccc3cccnc3n2)C[C@@H]2C[C@@H]3CCCC[C@@H]3N2)cc2c1OC(C)(C)O2. The fraction of sp³-hybridized carbons (Fsp3) is 0.521. The maximum absolute atomic E-state index is 14.0. The second-order valence-electron chi connectivity index (χ2n) is 18.0. The Hall–Kier alpha value is -4.91. The van der Waals surface area contributed by atoms with E-state index in [0.29, 0.717) is 59.6 Å². The summed E-state index contributed by atoms with van der Waals surface area (Å²) in [6, 6.07) is 22.0. The van der Waals surface area contributed by atoms with Gasteiger partial charge in [0.1, 0.15) is 0 Å². The third kappa shape index (κ3) is 8.92. The van der Waals surface area contributed by atoms with E-state index in [1.165, 1.54) is 57.8 Å². The molecule has 1 aromatic carbocycles. The topological polar surface area (TPSA) is 127 Å². The quantitative estimate of drug-likeness (QED) is 0.144. The van der Waals surface area contributed by atoms with E-state index < -0.39 is 5.79 Å². The number of carbonyl (C=O) groups excluding carboxylic acids is 1. The van der Waals surface area contributed by atoms with Gasteiger partial charge in [0.15, 0.2) is 22.8 Å². The molecule has 0 spiro atoms. The third-order valence-electron chi connectivity index (χ3n) is 13.5. The number of rotatable bonds is 10. The number of nitrogens with zero attached hydrogens (tertiary/aromatic N) is 6. The number of methoxy groups -OCH3 is 1. The van der Waals surface area contributed by atoms with Crippen molar-refractivity contribution < 1.29 is 19.0 Å². The zero-order chi connectivity index (χ0) is 41.2. The van der Waals surface area contributed by atoms with Crippen LogP contribution in [0.3, 0.4) is 0 Å². The highest BCUT2D eigenvalue weighted by molar-refractivity contribution is 5.96. The van der Waals surface area contributed by atoms with Gasteiger partial charge in [-0.3, -0.25) is 9.69 Å². The highest BCUT2D eigenvalue weighted by Crippen LogP contribution is 2.47. The molecule has 3 aliphatic heterocycles. The van der Waals surface area contributed by atoms with Crippen LogP contribution in [0.4, 0.5) is 0 Å². The van der Waals surface area contributed by atoms with Gasteiger partial charge in [0.25, 0.3) is 5.91 Å². The molecule has 2 aliphatic carbocycles. The van der Waals surface area contributed by atoms with Crippen molar-refractivity contribution in [2.75, 3.05) is 27.2 Å². The van der Waals surface area contributed by atoms with Gasteiger partial charge in [-0.15, -0.1) is 0 Å². The minimum absolute atomic E-state index is 0.0889. The lowest BCUT2D eigenvalue weighted by atomic mass is 9.85. The van der Waals surface area contributed by atoms with Crippen LogP contribution in [0.5, 0.6) is 17.2 Å². The molecular weight excluding hydrogens is 753 g/mol. The van der Waals surface area contributed by atoms with Crippen LogP contribution in [0, 0.1) is 11.8 Å². The molecule has 0 bridgehead atoms. The van der Waals surface area contributed by atoms with Gasteiger partial charge in [-0.05, 0) is 118 Å². The maximum atomic E-state index is 14.0. The van der Waals surface area contributed by atoms with Crippen LogP contribution < -0.4 is 24.8 Å². The molecule has 10 rings (SSSR count). The minimum Gasteiger partial charge on any atom is -0.493 e. The van der Waals surface area contributed by atoms with E-state index in [1.54, 1.807) is 25.4 Å². The first-order valence-corrected chi connectivity index (χ1v) is 22.2. The lowest BCUT2D eigenvalue weighted by Crippen LogP contribution is -2.43. The number of carbonyl (C=O) groups is 1. The van der Waals surface area contributed by atoms with Crippen molar-refractivity contribution in [3.8, 4) is 17.2 Å². The van der Waals surface area contributed by atoms with Crippen molar-refractivity contribution in [1.29, 1.82) is 0 Å². The Labute approximate surface area is 353 Å². The first-order valence-electron chi connectivity index (χ1n) is 22.2. The summed E-state index contributed by atoms with van der Waals surface area (Å²) in [7, 11) is 3.90. The van der Waals surface area contributed by atoms with Crippen LogP contribution in [-0.4, -0.2) is 92.8 Å². The third-order valence-corrected chi connectivity index (χ3v) is 13.5. The average molecular weight is 813 g/mol. The van der Waals surface area contributed by atoms with Crippen LogP contribution in [0.15, 0.2) is 73.1 Å². The minimum atomic E-state index is -0.816. The van der Waals surface area contributed by atoms with E-state index in [4.69, 9.17) is 19.2 Å². The van der Waals surface area contributed by atoms with Gasteiger partial charge in [0.2, 0.25) is 11.5 Å². The summed E-state index contributed by atoms with van der Waals surface area (Å²) in [5.41, 5.74) is 3.92. The summed E-state index contributed by atoms with van der Waals surface area (Å²) in [6.07, 6.45) is 16.8. The van der Waals surface area contributed by atoms with Crippen LogP contribution in [0.2, 0.25) is 0 Å². The van der Waals surface area contributed by atoms with E-state index in [9.17, 15) is 4.79 Å². The second kappa shape index (κ2) is 17.6. The molecule has 1 amide bonds. The van der Waals surface area contributed by atoms with Gasteiger partial charge in [0, 0.05) is 86.4 Å². The van der Waals surface area contributed by atoms with E-state index in [-0.39, 0.29) is 11.9 Å². The summed E-state index contributed by atoms with van der Waals surface area (Å²) in [4.78, 5) is 36.7. The second-order valence-corrected chi connectivity index (χ2v) is 18.0. The largest absolute Gasteiger partial charge is 0.493 e. The maximum Gasteiger partial charge on any atom is 0.254 e. The van der Waals surface area contributed by atoms with Gasteiger partial charge in [-0.2, -0.15) is 0 Å². The average Bonchev–Trinajstić information content (AvgIpc) is 3.93. The standard InChI is InChI=1S/C29H34N4O4.C19H26N4/c1-29(2)36-25-15-20(14-24(35-3)26(25)37-29)28(34)33(17-22-13-19-7-4-5-9-23(19)31-22)16-21-11-10-18-8-6-12-30-27(18)32-21;1-23-17(11-15-5-2-3-7-18(15)23)13-20-12-16-9-8-14-6-4-10-21-19(14)22-16/h6,8,10-12,14-15,19,22-23,31H,4-5,7,9,13,16-17H2,1-3H3;4,6,8-10,15,17-18,20H,2-3,5,7,11-13H2,1H3/t19-,22-,23-;15-,17-,18-/m00/s1. The monoisotopic (exact) mass is 812 g/mol. The molecule has 2 saturated heterocycles. The molecule has 5 aromatic rings. The summed E-state index contributed by atoms with van der Waals surface area (Å²) >= 11 is 0. The fourth-order valence-electron chi connectivity index (χ4n) is 10.5. The lowest BCUT2D eigenvalue weighted by molar-refractivity contribution is -0.0439. The Balaban J connectivity index is 0.000000172. The van der Waals surface area contributed by atoms with Crippen molar-refractivity contribution in [3.05, 3.63) is 90.0 Å². The van der Waals surface area contributed by atoms with Crippen LogP contribution >= 0.6 is 0 Å². The Kier molecular flexibility index (Phi) is 11.9. The van der Waals surface area contributed by atoms with Crippen LogP contribution in [0.1, 0.15) is 99.8 Å². The highest BCUT2D eigenvalue weighted by atomic mass is 16.7. The van der Waals surface area contributed by atoms with Gasteiger partial charge in [0.05, 0.1) is 25.0 Å². The van der Waals surface area contributed by atoms with E-state index in [0.717, 1.165) is 59.3 Å². The number of fused-ring (bicyclic) bond motifs is 5. The highest BCUT2D eigenvalue weighted by Gasteiger charge is 2.40. The molecule has 12 nitrogen and oxygen atoms in total. The van der Waals surface area contributed by atoms with E-state index in [2.05, 4.69) is 55.7 Å². The molecule has 7 heterocycles. The summed E-state index contributed by atoms with van der Waals surface area (Å²) in [6.45, 7) is 6.56. The van der Waals surface area contributed by atoms with Crippen molar-refractivity contribution in [3.63, 3.8) is 0 Å². The van der Waals surface area contributed by atoms with Crippen molar-refractivity contribution in [2.24, 2.45) is 11.8 Å². The number of hydrogen-bond acceptors (Lipinski definition) is 11. The number of aromatic nitrogens is 4. The van der Waals surface area contributed by atoms with Gasteiger partial charge < -0.3 is 29.7 Å². The molecule has 60 heavy (non-hydrogen) atoms. The van der Waals surface area contributed by atoms with Gasteiger partial charge in [-0.25, -0.2) is 19.9 Å². The molecule has 0 radical (unpaired) electrons. The summed E-state index contributed by atoms with van der Waals surface area (Å²) in [5.74, 6) is 2.27. The predicted octanol–water partition coefficient (Wildman–Crippen LogP) is 7.69. The molecule has 4 fully saturated rings. The predicted molar refractivity (Wildman–Crippen MR) is 233 cm³/mol. The molecule has 6 atom stereocenters. The number of hydrogen-bond donors (Lipinski definition) is 2. The van der Waals surface area contributed by atoms with Gasteiger partial charge in [-0.1, -0.05) is 25.7 Å². The van der Waals surface area contributed by atoms with E-state index >= 15 is 0 Å². The first-order chi connectivity index (χ1) is 29.2. The number of benzene rings is 1. The van der Waals surface area contributed by atoms with Gasteiger partial charge >= 0.3 is 0 Å². The van der Waals surface area contributed by atoms with Crippen molar-refractivity contribution in [1.82, 2.24) is 40.4 Å². The molecular formula is C48H60N8O4. The number of amides is 1. The number of ether oxygens (including phenoxy) is 3. The molecule has 2 saturated carbocycles. The number of pyridine rings is 4. The Morgan fingerprint density at radius 2 is 1.58 bits per heavy atom. The normalized spacial score (nSPS) is 25.3. The first kappa shape index (κ1) is 40.5. The Morgan fingerprint density at radius 1 is 0.883 bits per heavy atom. The van der Waals surface area contributed by atoms with Crippen molar-refractivity contribution >= 4 is 28.0 Å². The smallest absolute Gasteiger partial charge is 0.254 e. The zero-order valence-corrected chi connectivity index (χ0v) is 35.6. The summed E-state index contributed by atoms with van der Waals surface area (Å²) < 4.78 is 17.5. The van der Waals surface area contributed by atoms with Crippen LogP contribution in [0.25, 0.3) is 22.1 Å². The molecule has 2 N–H and O–H groups in total. The van der Waals surface area contributed by atoms with Crippen molar-refractivity contribution in [2.45, 2.75) is 121 Å². The Morgan fingerprint density at radius 3 is 2.32 bits per heavy atom. The number of nitrogens with one attached hydrogen (secondary N) is 2. The Bertz CT molecular complexity index is 2290. The molecule has 4 aromatic heterocycles. The van der Waals surface area contributed by atoms with Crippen LogP contribution in [-0.2, 0) is 13.1 Å². The summed E-state index contributed by atoms with van der Waals surface area (Å²) in [5, 5.41) is 9.53. The lowest BCUT2D eigenvalue weighted by Gasteiger charge is -2.30. The molecule has 12 heteroatoms. The fourth-order valence-corrected chi connectivity index (χ4v) is 10.5. The molecule has 316 valence electrons. The molecule has 5 aliphatic rings. The number of likely N-dealkylation sites (tertiary alicyclic amines) is 1. The van der Waals surface area contributed by atoms with E-state index in [1.807, 2.05) is 55.3 Å². The molecule has 0 unspecified atom stereocenters. The zero-order valence-electron chi connectivity index (χ0n) is 35.6.